The Morgan fingerprint density at radius 1 is 1.25 bits per heavy atom. The molecule has 3 heterocycles. The molecule has 1 spiro atoms. The lowest BCUT2D eigenvalue weighted by atomic mass is 9.95. The Labute approximate surface area is 202 Å². The van der Waals surface area contributed by atoms with Crippen molar-refractivity contribution in [2.75, 3.05) is 5.32 Å². The zero-order valence-corrected chi connectivity index (χ0v) is 19.5. The van der Waals surface area contributed by atoms with Gasteiger partial charge >= 0.3 is 11.9 Å². The van der Waals surface area contributed by atoms with Crippen molar-refractivity contribution in [1.29, 1.82) is 0 Å². The number of hydrogen-bond acceptors (Lipinski definition) is 5. The number of alkyl halides is 3. The highest BCUT2D eigenvalue weighted by atomic mass is 19.4. The lowest BCUT2D eigenvalue weighted by Crippen LogP contribution is -2.32. The van der Waals surface area contributed by atoms with Gasteiger partial charge in [-0.05, 0) is 56.2 Å². The van der Waals surface area contributed by atoms with E-state index in [1.165, 1.54) is 23.0 Å². The van der Waals surface area contributed by atoms with Crippen molar-refractivity contribution in [3.8, 4) is 11.4 Å². The maximum absolute atomic E-state index is 15.3. The van der Waals surface area contributed by atoms with Gasteiger partial charge in [0, 0.05) is 37.1 Å². The molecule has 0 bridgehead atoms. The predicted octanol–water partition coefficient (Wildman–Crippen LogP) is 4.18. The van der Waals surface area contributed by atoms with Crippen LogP contribution in [0.1, 0.15) is 47.9 Å². The highest BCUT2D eigenvalue weighted by molar-refractivity contribution is 6.06. The molecule has 190 valence electrons. The molecule has 5 rings (SSSR count). The van der Waals surface area contributed by atoms with Crippen molar-refractivity contribution in [1.82, 2.24) is 19.3 Å². The third kappa shape index (κ3) is 4.35. The van der Waals surface area contributed by atoms with E-state index in [4.69, 9.17) is 4.74 Å². The number of aromatic nitrogens is 4. The first-order chi connectivity index (χ1) is 17.0. The summed E-state index contributed by atoms with van der Waals surface area (Å²) in [5.74, 6) is -1.91. The molecule has 1 saturated carbocycles. The minimum Gasteiger partial charge on any atom is -0.480 e. The lowest BCUT2D eigenvalue weighted by Gasteiger charge is -2.20. The highest BCUT2D eigenvalue weighted by Gasteiger charge is 2.46. The van der Waals surface area contributed by atoms with Gasteiger partial charge in [-0.15, -0.1) is 5.10 Å². The Bertz CT molecular complexity index is 1410. The Hall–Kier alpha value is -3.70. The van der Waals surface area contributed by atoms with Crippen LogP contribution in [0.25, 0.3) is 5.69 Å². The molecule has 2 aliphatic rings. The summed E-state index contributed by atoms with van der Waals surface area (Å²) in [7, 11) is 0. The third-order valence-electron chi connectivity index (χ3n) is 6.85. The summed E-state index contributed by atoms with van der Waals surface area (Å²) in [4.78, 5) is 29.9. The molecule has 1 amide bonds. The first-order valence-electron chi connectivity index (χ1n) is 11.5. The van der Waals surface area contributed by atoms with Crippen molar-refractivity contribution < 1.29 is 27.1 Å². The number of nitrogens with one attached hydrogen (secondary N) is 1. The minimum atomic E-state index is -4.74. The van der Waals surface area contributed by atoms with E-state index >= 15 is 4.39 Å². The Morgan fingerprint density at radius 2 is 2.00 bits per heavy atom. The first kappa shape index (κ1) is 24.0. The fraction of sp³-hybridized carbons (Fsp3) is 0.417. The van der Waals surface area contributed by atoms with E-state index in [0.29, 0.717) is 30.0 Å². The topological polar surface area (TPSA) is 91.0 Å². The van der Waals surface area contributed by atoms with Crippen molar-refractivity contribution >= 4 is 11.6 Å². The second-order valence-corrected chi connectivity index (χ2v) is 9.44. The molecule has 1 aliphatic heterocycles. The summed E-state index contributed by atoms with van der Waals surface area (Å²) in [6.45, 7) is 2.89. The number of aryl methyl sites for hydroxylation is 1. The second-order valence-electron chi connectivity index (χ2n) is 9.44. The molecule has 1 N–H and O–H groups in total. The second kappa shape index (κ2) is 8.45. The van der Waals surface area contributed by atoms with Crippen LogP contribution in [0.4, 0.5) is 23.2 Å². The molecule has 0 unspecified atom stereocenters. The normalized spacial score (nSPS) is 16.9. The van der Waals surface area contributed by atoms with Crippen LogP contribution in [0.2, 0.25) is 0 Å². The van der Waals surface area contributed by atoms with Crippen LogP contribution in [0.3, 0.4) is 0 Å². The molecule has 1 atom stereocenters. The molecule has 36 heavy (non-hydrogen) atoms. The lowest BCUT2D eigenvalue weighted by molar-refractivity contribution is -0.189. The van der Waals surface area contributed by atoms with Crippen molar-refractivity contribution in [2.24, 2.45) is 5.41 Å². The summed E-state index contributed by atoms with van der Waals surface area (Å²) >= 11 is 0. The number of pyridine rings is 1. The first-order valence-corrected chi connectivity index (χ1v) is 11.5. The number of rotatable bonds is 5. The molecule has 2 aromatic heterocycles. The zero-order chi connectivity index (χ0) is 25.8. The highest BCUT2D eigenvalue weighted by Crippen LogP contribution is 2.53. The molecule has 0 radical (unpaired) electrons. The fourth-order valence-corrected chi connectivity index (χ4v) is 4.37. The number of fused-ring (bicyclic) bond motifs is 1. The van der Waals surface area contributed by atoms with E-state index in [1.54, 1.807) is 6.92 Å². The van der Waals surface area contributed by atoms with Crippen LogP contribution in [0.5, 0.6) is 5.75 Å². The summed E-state index contributed by atoms with van der Waals surface area (Å²) in [5, 5.41) is 6.82. The fourth-order valence-electron chi connectivity index (χ4n) is 4.37. The van der Waals surface area contributed by atoms with Gasteiger partial charge in [0.2, 0.25) is 0 Å². The summed E-state index contributed by atoms with van der Waals surface area (Å²) in [6.07, 6.45) is -0.655. The largest absolute Gasteiger partial charge is 0.480 e. The van der Waals surface area contributed by atoms with Crippen molar-refractivity contribution in [3.05, 3.63) is 63.8 Å². The maximum atomic E-state index is 15.3. The van der Waals surface area contributed by atoms with Gasteiger partial charge in [0.15, 0.2) is 6.10 Å². The summed E-state index contributed by atoms with van der Waals surface area (Å²) < 4.78 is 62.5. The number of nitrogens with zero attached hydrogens (tertiary/aromatic N) is 4. The molecular weight excluding hydrogens is 482 g/mol. The number of hydrogen-bond donors (Lipinski definition) is 1. The van der Waals surface area contributed by atoms with Gasteiger partial charge in [-0.25, -0.2) is 9.18 Å². The van der Waals surface area contributed by atoms with Gasteiger partial charge < -0.3 is 10.1 Å². The monoisotopic (exact) mass is 505 g/mol. The Balaban J connectivity index is 1.56. The van der Waals surface area contributed by atoms with Crippen LogP contribution >= 0.6 is 0 Å². The van der Waals surface area contributed by atoms with E-state index in [-0.39, 0.29) is 5.41 Å². The van der Waals surface area contributed by atoms with Crippen molar-refractivity contribution in [3.63, 3.8) is 0 Å². The van der Waals surface area contributed by atoms with E-state index in [9.17, 15) is 22.8 Å². The quantitative estimate of drug-likeness (QED) is 0.526. The van der Waals surface area contributed by atoms with E-state index in [0.717, 1.165) is 43.0 Å². The molecular formula is C24H23F4N5O3. The number of carbonyl (C=O) groups excluding carboxylic acids is 1. The molecule has 1 aliphatic carbocycles. The van der Waals surface area contributed by atoms with Gasteiger partial charge in [0.05, 0.1) is 5.56 Å². The Kier molecular flexibility index (Phi) is 5.64. The molecule has 0 saturated heterocycles. The number of carbonyl (C=O) groups is 1. The number of amides is 1. The number of ether oxygens (including phenoxy) is 1. The Morgan fingerprint density at radius 3 is 2.67 bits per heavy atom. The van der Waals surface area contributed by atoms with Gasteiger partial charge in [0.1, 0.15) is 23.1 Å². The number of anilines is 1. The minimum absolute atomic E-state index is 0.133. The number of halogens is 4. The van der Waals surface area contributed by atoms with Gasteiger partial charge in [-0.2, -0.15) is 17.9 Å². The smallest absolute Gasteiger partial charge is 0.425 e. The molecule has 1 fully saturated rings. The SMILES string of the molecule is Cc1cnccc1NC(=O)c1cc(F)c(-n2nc3n(c2=O)CCC2(CC2)C3)cc1O[C@@H](C)C(F)(F)F. The average Bonchev–Trinajstić information content (AvgIpc) is 3.48. The molecule has 3 aromatic rings. The molecule has 8 nitrogen and oxygen atoms in total. The maximum Gasteiger partial charge on any atom is 0.425 e. The van der Waals surface area contributed by atoms with Crippen LogP contribution < -0.4 is 15.7 Å². The van der Waals surface area contributed by atoms with E-state index in [2.05, 4.69) is 15.4 Å². The van der Waals surface area contributed by atoms with Crippen LogP contribution in [-0.2, 0) is 13.0 Å². The predicted molar refractivity (Wildman–Crippen MR) is 121 cm³/mol. The molecule has 12 heteroatoms. The van der Waals surface area contributed by atoms with Gasteiger partial charge in [-0.3, -0.25) is 14.3 Å². The van der Waals surface area contributed by atoms with E-state index < -0.39 is 46.7 Å². The van der Waals surface area contributed by atoms with Crippen molar-refractivity contribution in [2.45, 2.75) is 58.4 Å². The van der Waals surface area contributed by atoms with Gasteiger partial charge in [0.25, 0.3) is 5.91 Å². The third-order valence-corrected chi connectivity index (χ3v) is 6.85. The van der Waals surface area contributed by atoms with Crippen LogP contribution in [0.15, 0.2) is 35.4 Å². The van der Waals surface area contributed by atoms with Crippen LogP contribution in [0, 0.1) is 18.2 Å². The van der Waals surface area contributed by atoms with E-state index in [1.807, 2.05) is 0 Å². The summed E-state index contributed by atoms with van der Waals surface area (Å²) in [6, 6.07) is 3.17. The molecule has 1 aromatic carbocycles. The standard InChI is InChI=1S/C24H23F4N5O3/c1-13-12-29-7-3-17(13)30-21(34)15-9-16(25)18(10-19(15)36-14(2)24(26,27)28)33-22(35)32-8-6-23(4-5-23)11-20(32)31-33/h3,7,9-10,12,14H,4-6,8,11H2,1-2H3,(H,29,30,34)/t14-/m0/s1. The number of benzene rings is 1. The zero-order valence-electron chi connectivity index (χ0n) is 19.5. The average molecular weight is 505 g/mol. The van der Waals surface area contributed by atoms with Gasteiger partial charge in [-0.1, -0.05) is 0 Å². The van der Waals surface area contributed by atoms with Crippen LogP contribution in [-0.4, -0.2) is 37.5 Å². The summed E-state index contributed by atoms with van der Waals surface area (Å²) in [5.41, 5.74) is -0.378.